The van der Waals surface area contributed by atoms with E-state index < -0.39 is 12.8 Å². The lowest BCUT2D eigenvalue weighted by Crippen LogP contribution is -2.56. The fourth-order valence-corrected chi connectivity index (χ4v) is 0.787. The van der Waals surface area contributed by atoms with Crippen LogP contribution in [-0.2, 0) is 4.74 Å². The first-order chi connectivity index (χ1) is 4.97. The molecule has 1 heterocycles. The summed E-state index contributed by atoms with van der Waals surface area (Å²) in [4.78, 5) is 0. The predicted octanol–water partition coefficient (Wildman–Crippen LogP) is 0.123. The Kier molecular flexibility index (Phi) is 2.36. The van der Waals surface area contributed by atoms with Crippen LogP contribution in [0.3, 0.4) is 0 Å². The van der Waals surface area contributed by atoms with E-state index in [0.717, 1.165) is 0 Å². The van der Waals surface area contributed by atoms with Gasteiger partial charge in [-0.1, -0.05) is 0 Å². The Labute approximate surface area is 61.9 Å². The lowest BCUT2D eigenvalue weighted by atomic mass is 10.2. The Morgan fingerprint density at radius 3 is 2.36 bits per heavy atom. The first-order valence-corrected chi connectivity index (χ1v) is 3.15. The van der Waals surface area contributed by atoms with Gasteiger partial charge in [-0.3, -0.25) is 5.84 Å². The van der Waals surface area contributed by atoms with Gasteiger partial charge in [0.2, 0.25) is 0 Å². The van der Waals surface area contributed by atoms with Gasteiger partial charge in [-0.2, -0.15) is 13.2 Å². The molecule has 66 valence electrons. The monoisotopic (exact) mass is 170 g/mol. The zero-order chi connectivity index (χ0) is 8.48. The number of rotatable bonds is 2. The maximum Gasteiger partial charge on any atom is 0.411 e. The highest BCUT2D eigenvalue weighted by Gasteiger charge is 2.32. The van der Waals surface area contributed by atoms with Crippen molar-refractivity contribution >= 4 is 0 Å². The maximum absolute atomic E-state index is 11.5. The van der Waals surface area contributed by atoms with Gasteiger partial charge in [-0.05, 0) is 0 Å². The van der Waals surface area contributed by atoms with Crippen LogP contribution in [0.25, 0.3) is 0 Å². The van der Waals surface area contributed by atoms with E-state index in [-0.39, 0.29) is 6.10 Å². The van der Waals surface area contributed by atoms with Gasteiger partial charge in [-0.15, -0.1) is 0 Å². The Bertz CT molecular complexity index is 132. The van der Waals surface area contributed by atoms with E-state index in [1.807, 2.05) is 0 Å². The molecule has 0 bridgehead atoms. The van der Waals surface area contributed by atoms with Gasteiger partial charge in [0.15, 0.2) is 0 Å². The summed E-state index contributed by atoms with van der Waals surface area (Å²) in [5.41, 5.74) is 0. The van der Waals surface area contributed by atoms with Gasteiger partial charge in [-0.25, -0.2) is 5.01 Å². The van der Waals surface area contributed by atoms with Crippen molar-refractivity contribution in [2.45, 2.75) is 12.3 Å². The summed E-state index contributed by atoms with van der Waals surface area (Å²) in [6, 6.07) is 0. The number of halogens is 3. The van der Waals surface area contributed by atoms with E-state index in [1.54, 1.807) is 0 Å². The summed E-state index contributed by atoms with van der Waals surface area (Å²) >= 11 is 0. The van der Waals surface area contributed by atoms with Crippen molar-refractivity contribution in [1.29, 1.82) is 0 Å². The molecule has 1 saturated heterocycles. The van der Waals surface area contributed by atoms with Crippen LogP contribution in [0.5, 0.6) is 0 Å². The number of alkyl halides is 3. The average Bonchev–Trinajstić information content (AvgIpc) is 1.75. The molecule has 0 radical (unpaired) electrons. The molecule has 0 atom stereocenters. The lowest BCUT2D eigenvalue weighted by molar-refractivity contribution is -0.199. The average molecular weight is 170 g/mol. The van der Waals surface area contributed by atoms with E-state index in [0.29, 0.717) is 13.1 Å². The molecule has 3 nitrogen and oxygen atoms in total. The van der Waals surface area contributed by atoms with E-state index in [1.165, 1.54) is 5.01 Å². The molecule has 0 aromatic heterocycles. The maximum atomic E-state index is 11.5. The summed E-state index contributed by atoms with van der Waals surface area (Å²) in [7, 11) is 0. The highest BCUT2D eigenvalue weighted by molar-refractivity contribution is 4.76. The Hall–Kier alpha value is -0.330. The minimum Gasteiger partial charge on any atom is -0.366 e. The molecule has 0 amide bonds. The topological polar surface area (TPSA) is 38.5 Å². The van der Waals surface area contributed by atoms with Gasteiger partial charge in [0.1, 0.15) is 6.61 Å². The van der Waals surface area contributed by atoms with Gasteiger partial charge in [0.25, 0.3) is 0 Å². The molecule has 0 spiro atoms. The van der Waals surface area contributed by atoms with Crippen LogP contribution in [0.2, 0.25) is 0 Å². The van der Waals surface area contributed by atoms with E-state index in [9.17, 15) is 13.2 Å². The number of nitrogens with two attached hydrogens (primary N) is 1. The van der Waals surface area contributed by atoms with E-state index >= 15 is 0 Å². The first-order valence-electron chi connectivity index (χ1n) is 3.15. The minimum atomic E-state index is -4.23. The van der Waals surface area contributed by atoms with Gasteiger partial charge in [0, 0.05) is 13.1 Å². The second-order valence-corrected chi connectivity index (χ2v) is 2.50. The fourth-order valence-electron chi connectivity index (χ4n) is 0.787. The highest BCUT2D eigenvalue weighted by Crippen LogP contribution is 2.17. The van der Waals surface area contributed by atoms with Gasteiger partial charge >= 0.3 is 6.18 Å². The molecule has 2 N–H and O–H groups in total. The van der Waals surface area contributed by atoms with Crippen LogP contribution in [0, 0.1) is 0 Å². The fraction of sp³-hybridized carbons (Fsp3) is 1.00. The molecule has 1 fully saturated rings. The standard InChI is InChI=1S/C5H9F3N2O/c6-5(7,8)3-11-4-1-10(9)2-4/h4H,1-3,9H2. The van der Waals surface area contributed by atoms with Crippen molar-refractivity contribution < 1.29 is 17.9 Å². The van der Waals surface area contributed by atoms with Crippen molar-refractivity contribution in [1.82, 2.24) is 5.01 Å². The Morgan fingerprint density at radius 1 is 1.45 bits per heavy atom. The summed E-state index contributed by atoms with van der Waals surface area (Å²) < 4.78 is 39.0. The summed E-state index contributed by atoms with van der Waals surface area (Å²) in [5, 5.41) is 1.40. The van der Waals surface area contributed by atoms with Gasteiger partial charge in [0.05, 0.1) is 6.10 Å². The second kappa shape index (κ2) is 2.96. The number of hydrazine groups is 1. The summed E-state index contributed by atoms with van der Waals surface area (Å²) in [6.45, 7) is -0.405. The third kappa shape index (κ3) is 3.04. The number of hydrogen-bond donors (Lipinski definition) is 1. The Morgan fingerprint density at radius 2 is 2.00 bits per heavy atom. The van der Waals surface area contributed by atoms with Crippen molar-refractivity contribution in [3.63, 3.8) is 0 Å². The van der Waals surface area contributed by atoms with Crippen LogP contribution >= 0.6 is 0 Å². The quantitative estimate of drug-likeness (QED) is 0.598. The lowest BCUT2D eigenvalue weighted by Gasteiger charge is -2.35. The minimum absolute atomic E-state index is 0.346. The van der Waals surface area contributed by atoms with Crippen molar-refractivity contribution in [3.05, 3.63) is 0 Å². The van der Waals surface area contributed by atoms with E-state index in [2.05, 4.69) is 4.74 Å². The molecule has 1 rings (SSSR count). The molecule has 11 heavy (non-hydrogen) atoms. The molecular formula is C5H9F3N2O. The summed E-state index contributed by atoms with van der Waals surface area (Å²) in [5.74, 6) is 5.18. The van der Waals surface area contributed by atoms with Crippen LogP contribution in [0.1, 0.15) is 0 Å². The van der Waals surface area contributed by atoms with Crippen LogP contribution < -0.4 is 5.84 Å². The molecule has 0 aliphatic carbocycles. The van der Waals surface area contributed by atoms with Crippen LogP contribution in [-0.4, -0.2) is 37.0 Å². The molecule has 6 heteroatoms. The van der Waals surface area contributed by atoms with Crippen LogP contribution in [0.4, 0.5) is 13.2 Å². The molecule has 1 aliphatic heterocycles. The predicted molar refractivity (Wildman–Crippen MR) is 31.6 cm³/mol. The van der Waals surface area contributed by atoms with Crippen molar-refractivity contribution in [2.24, 2.45) is 5.84 Å². The smallest absolute Gasteiger partial charge is 0.366 e. The summed E-state index contributed by atoms with van der Waals surface area (Å²) in [6.07, 6.45) is -4.57. The third-order valence-corrected chi connectivity index (χ3v) is 1.36. The molecule has 0 unspecified atom stereocenters. The zero-order valence-electron chi connectivity index (χ0n) is 5.77. The number of ether oxygens (including phenoxy) is 1. The molecule has 0 saturated carbocycles. The first kappa shape index (κ1) is 8.76. The van der Waals surface area contributed by atoms with Crippen LogP contribution in [0.15, 0.2) is 0 Å². The highest BCUT2D eigenvalue weighted by atomic mass is 19.4. The molecule has 0 aromatic rings. The largest absolute Gasteiger partial charge is 0.411 e. The molecular weight excluding hydrogens is 161 g/mol. The van der Waals surface area contributed by atoms with Crippen molar-refractivity contribution in [2.75, 3.05) is 19.7 Å². The van der Waals surface area contributed by atoms with E-state index in [4.69, 9.17) is 5.84 Å². The number of hydrogen-bond acceptors (Lipinski definition) is 3. The number of nitrogens with zero attached hydrogens (tertiary/aromatic N) is 1. The molecule has 0 aromatic carbocycles. The zero-order valence-corrected chi connectivity index (χ0v) is 5.77. The van der Waals surface area contributed by atoms with Crippen molar-refractivity contribution in [3.8, 4) is 0 Å². The SMILES string of the molecule is NN1CC(OCC(F)(F)F)C1. The third-order valence-electron chi connectivity index (χ3n) is 1.36. The second-order valence-electron chi connectivity index (χ2n) is 2.50. The Balaban J connectivity index is 2.05. The normalized spacial score (nSPS) is 21.8. The molecule has 1 aliphatic rings. The van der Waals surface area contributed by atoms with Gasteiger partial charge < -0.3 is 4.74 Å².